The number of hydrogen-bond donors (Lipinski definition) is 2. The summed E-state index contributed by atoms with van der Waals surface area (Å²) >= 11 is 0. The maximum absolute atomic E-state index is 12.9. The first-order valence-electron chi connectivity index (χ1n) is 13.1. The van der Waals surface area contributed by atoms with Crippen LogP contribution in [0.1, 0.15) is 24.8 Å². The van der Waals surface area contributed by atoms with Crippen LogP contribution in [0, 0.1) is 17.2 Å². The number of rotatable bonds is 6. The second kappa shape index (κ2) is 11.3. The normalized spacial score (nSPS) is 15.9. The van der Waals surface area contributed by atoms with Gasteiger partial charge in [-0.15, -0.1) is 0 Å². The second-order valence-electron chi connectivity index (χ2n) is 10.0. The third kappa shape index (κ3) is 6.32. The van der Waals surface area contributed by atoms with E-state index in [1.807, 2.05) is 54.0 Å². The molecule has 2 atom stereocenters. The van der Waals surface area contributed by atoms with Gasteiger partial charge in [-0.2, -0.15) is 18.4 Å². The number of benzene rings is 3. The number of halogens is 3. The van der Waals surface area contributed by atoms with Gasteiger partial charge in [-0.1, -0.05) is 36.4 Å². The van der Waals surface area contributed by atoms with Gasteiger partial charge in [-0.25, -0.2) is 9.78 Å². The van der Waals surface area contributed by atoms with Crippen LogP contribution in [0.3, 0.4) is 0 Å². The van der Waals surface area contributed by atoms with Gasteiger partial charge in [0.05, 0.1) is 28.9 Å². The molecule has 1 aliphatic heterocycles. The highest BCUT2D eigenvalue weighted by molar-refractivity contribution is 5.90. The number of likely N-dealkylation sites (tertiary alicyclic amines) is 1. The van der Waals surface area contributed by atoms with Gasteiger partial charge >= 0.3 is 12.2 Å². The molecule has 2 unspecified atom stereocenters. The first kappa shape index (κ1) is 27.7. The zero-order chi connectivity index (χ0) is 29.1. The summed E-state index contributed by atoms with van der Waals surface area (Å²) in [7, 11) is 0. The fourth-order valence-electron chi connectivity index (χ4n) is 4.93. The van der Waals surface area contributed by atoms with Crippen LogP contribution in [-0.4, -0.2) is 52.2 Å². The fraction of sp³-hybridized carbons (Fsp3) is 0.267. The monoisotopic (exact) mass is 560 g/mol. The number of carbonyl (C=O) groups is 2. The van der Waals surface area contributed by atoms with Gasteiger partial charge < -0.3 is 15.5 Å². The average Bonchev–Trinajstić information content (AvgIpc) is 3.62. The molecule has 8 nitrogen and oxygen atoms in total. The van der Waals surface area contributed by atoms with Crippen molar-refractivity contribution < 1.29 is 22.8 Å². The van der Waals surface area contributed by atoms with Crippen molar-refractivity contribution in [2.24, 2.45) is 5.92 Å². The Balaban J connectivity index is 1.29. The summed E-state index contributed by atoms with van der Waals surface area (Å²) in [5.74, 6) is -0.366. The molecule has 5 rings (SSSR count). The lowest BCUT2D eigenvalue weighted by atomic mass is 9.96. The van der Waals surface area contributed by atoms with Crippen molar-refractivity contribution in [3.63, 3.8) is 0 Å². The van der Waals surface area contributed by atoms with Gasteiger partial charge in [0.2, 0.25) is 5.91 Å². The lowest BCUT2D eigenvalue weighted by Crippen LogP contribution is -2.36. The third-order valence-corrected chi connectivity index (χ3v) is 7.18. The third-order valence-electron chi connectivity index (χ3n) is 7.18. The summed E-state index contributed by atoms with van der Waals surface area (Å²) in [6.45, 7) is 1.57. The molecule has 1 fully saturated rings. The van der Waals surface area contributed by atoms with E-state index in [1.54, 1.807) is 40.8 Å². The van der Waals surface area contributed by atoms with Crippen LogP contribution in [0.2, 0.25) is 0 Å². The predicted octanol–water partition coefficient (Wildman–Crippen LogP) is 5.85. The molecule has 0 radical (unpaired) electrons. The molecule has 3 aromatic carbocycles. The van der Waals surface area contributed by atoms with Gasteiger partial charge in [0.1, 0.15) is 12.9 Å². The quantitative estimate of drug-likeness (QED) is 0.309. The number of nitriles is 1. The molecule has 1 aliphatic rings. The molecule has 3 amide bonds. The maximum Gasteiger partial charge on any atom is 0.405 e. The number of hydrogen-bond acceptors (Lipinski definition) is 4. The van der Waals surface area contributed by atoms with Crippen LogP contribution < -0.4 is 10.6 Å². The van der Waals surface area contributed by atoms with E-state index in [0.717, 1.165) is 34.1 Å². The van der Waals surface area contributed by atoms with E-state index in [1.165, 1.54) is 0 Å². The first-order valence-corrected chi connectivity index (χ1v) is 13.1. The molecule has 2 N–H and O–H groups in total. The number of fused-ring (bicyclic) bond motifs is 1. The Labute approximate surface area is 234 Å². The number of alkyl halides is 3. The van der Waals surface area contributed by atoms with Crippen molar-refractivity contribution in [3.05, 3.63) is 78.6 Å². The Kier molecular flexibility index (Phi) is 7.66. The van der Waals surface area contributed by atoms with Gasteiger partial charge in [0.25, 0.3) is 0 Å². The van der Waals surface area contributed by atoms with Crippen LogP contribution in [0.25, 0.3) is 27.8 Å². The average molecular weight is 561 g/mol. The van der Waals surface area contributed by atoms with Crippen LogP contribution in [0.4, 0.5) is 23.7 Å². The van der Waals surface area contributed by atoms with E-state index in [-0.39, 0.29) is 17.7 Å². The minimum absolute atomic E-state index is 0.0312. The predicted molar refractivity (Wildman–Crippen MR) is 148 cm³/mol. The summed E-state index contributed by atoms with van der Waals surface area (Å²) in [5.41, 5.74) is 5.37. The molecule has 0 bridgehead atoms. The summed E-state index contributed by atoms with van der Waals surface area (Å²) in [4.78, 5) is 31.0. The smallest absolute Gasteiger partial charge is 0.341 e. The number of aromatic nitrogens is 2. The van der Waals surface area contributed by atoms with Crippen molar-refractivity contribution in [2.75, 3.05) is 25.0 Å². The zero-order valence-corrected chi connectivity index (χ0v) is 22.2. The Morgan fingerprint density at radius 1 is 1.10 bits per heavy atom. The summed E-state index contributed by atoms with van der Waals surface area (Å²) in [6, 6.07) is 21.7. The largest absolute Gasteiger partial charge is 0.405 e. The number of anilines is 1. The number of imidazole rings is 1. The van der Waals surface area contributed by atoms with E-state index in [0.29, 0.717) is 24.5 Å². The second-order valence-corrected chi connectivity index (χ2v) is 10.0. The number of amides is 3. The van der Waals surface area contributed by atoms with Crippen LogP contribution in [0.5, 0.6) is 0 Å². The van der Waals surface area contributed by atoms with Crippen molar-refractivity contribution >= 4 is 28.7 Å². The summed E-state index contributed by atoms with van der Waals surface area (Å²) < 4.78 is 38.9. The van der Waals surface area contributed by atoms with Gasteiger partial charge in [-0.3, -0.25) is 9.36 Å². The number of nitrogens with zero attached hydrogens (tertiary/aromatic N) is 4. The Bertz CT molecular complexity index is 1620. The molecule has 41 heavy (non-hydrogen) atoms. The number of nitrogens with one attached hydrogen (secondary N) is 2. The van der Waals surface area contributed by atoms with E-state index < -0.39 is 18.8 Å². The Morgan fingerprint density at radius 2 is 1.85 bits per heavy atom. The highest BCUT2D eigenvalue weighted by Crippen LogP contribution is 2.29. The summed E-state index contributed by atoms with van der Waals surface area (Å²) in [6.07, 6.45) is -2.13. The zero-order valence-electron chi connectivity index (χ0n) is 22.2. The molecular weight excluding hydrogens is 533 g/mol. The van der Waals surface area contributed by atoms with Gasteiger partial charge in [0.15, 0.2) is 0 Å². The Morgan fingerprint density at radius 3 is 2.56 bits per heavy atom. The number of carbonyl (C=O) groups excluding carboxylic acids is 2. The lowest BCUT2D eigenvalue weighted by molar-refractivity contribution is -0.131. The minimum Gasteiger partial charge on any atom is -0.341 e. The highest BCUT2D eigenvalue weighted by atomic mass is 19.4. The molecule has 0 saturated carbocycles. The van der Waals surface area contributed by atoms with E-state index in [4.69, 9.17) is 5.26 Å². The van der Waals surface area contributed by atoms with E-state index >= 15 is 0 Å². The molecule has 0 spiro atoms. The summed E-state index contributed by atoms with van der Waals surface area (Å²) in [5, 5.41) is 13.3. The molecule has 0 aliphatic carbocycles. The van der Waals surface area contributed by atoms with Crippen LogP contribution >= 0.6 is 0 Å². The van der Waals surface area contributed by atoms with Crippen molar-refractivity contribution in [3.8, 4) is 22.9 Å². The van der Waals surface area contributed by atoms with Gasteiger partial charge in [-0.05, 0) is 60.4 Å². The highest BCUT2D eigenvalue weighted by Gasteiger charge is 2.30. The number of urea groups is 1. The standard InChI is InChI=1S/C30H27F3N6O2/c1-19(28(40)38-12-11-20(15-34)16-38)21-5-7-22(8-6-21)23-9-10-27-26(13-23)36-18-39(27)25-4-2-3-24(14-25)37-29(41)35-17-30(31,32)33/h2-10,13-14,18-20H,11-12,16-17H2,1H3,(H2,35,37,41). The molecule has 210 valence electrons. The Hall–Kier alpha value is -4.85. The molecule has 11 heteroatoms. The fourth-order valence-corrected chi connectivity index (χ4v) is 4.93. The SMILES string of the molecule is CC(C(=O)N1CCC(C#N)C1)c1ccc(-c2ccc3c(c2)ncn3-c2cccc(NC(=O)NCC(F)(F)F)c2)cc1. The topological polar surface area (TPSA) is 103 Å². The first-order chi connectivity index (χ1) is 19.6. The van der Waals surface area contributed by atoms with E-state index in [2.05, 4.69) is 16.4 Å². The van der Waals surface area contributed by atoms with E-state index in [9.17, 15) is 22.8 Å². The molecule has 1 saturated heterocycles. The molecule has 2 heterocycles. The van der Waals surface area contributed by atoms with Gasteiger partial charge in [0, 0.05) is 24.5 Å². The lowest BCUT2D eigenvalue weighted by Gasteiger charge is -2.21. The van der Waals surface area contributed by atoms with Crippen molar-refractivity contribution in [1.29, 1.82) is 5.26 Å². The minimum atomic E-state index is -4.50. The van der Waals surface area contributed by atoms with Crippen LogP contribution in [-0.2, 0) is 4.79 Å². The molecule has 4 aromatic rings. The van der Waals surface area contributed by atoms with Crippen molar-refractivity contribution in [2.45, 2.75) is 25.4 Å². The maximum atomic E-state index is 12.9. The molecule has 1 aromatic heterocycles. The van der Waals surface area contributed by atoms with Crippen molar-refractivity contribution in [1.82, 2.24) is 19.8 Å². The van der Waals surface area contributed by atoms with Crippen LogP contribution in [0.15, 0.2) is 73.1 Å². The molecular formula is C30H27F3N6O2.